The lowest BCUT2D eigenvalue weighted by Crippen LogP contribution is -2.50. The number of benzene rings is 1. The van der Waals surface area contributed by atoms with Crippen LogP contribution in [0.3, 0.4) is 0 Å². The molecule has 0 bridgehead atoms. The molecule has 0 atom stereocenters. The van der Waals surface area contributed by atoms with Crippen LogP contribution in [0.15, 0.2) is 17.1 Å². The molecule has 0 aromatic heterocycles. The summed E-state index contributed by atoms with van der Waals surface area (Å²) < 4.78 is 15.9. The van der Waals surface area contributed by atoms with Crippen LogP contribution in [0.5, 0.6) is 17.2 Å². The van der Waals surface area contributed by atoms with E-state index in [0.29, 0.717) is 28.8 Å². The SMILES string of the molecule is COc1cc(C(=O)NC(=NC(C)(C)C)NC(C)(C)C)cc(OC)c1OC. The van der Waals surface area contributed by atoms with Crippen molar-refractivity contribution in [3.63, 3.8) is 0 Å². The topological polar surface area (TPSA) is 81.2 Å². The highest BCUT2D eigenvalue weighted by Gasteiger charge is 2.21. The quantitative estimate of drug-likeness (QED) is 0.633. The van der Waals surface area contributed by atoms with E-state index in [1.54, 1.807) is 12.1 Å². The second kappa shape index (κ2) is 8.29. The van der Waals surface area contributed by atoms with Gasteiger partial charge in [-0.1, -0.05) is 0 Å². The highest BCUT2D eigenvalue weighted by Crippen LogP contribution is 2.38. The first-order valence-corrected chi connectivity index (χ1v) is 8.39. The van der Waals surface area contributed by atoms with Crippen molar-refractivity contribution in [3.8, 4) is 17.2 Å². The lowest BCUT2D eigenvalue weighted by molar-refractivity contribution is 0.0974. The van der Waals surface area contributed by atoms with Crippen molar-refractivity contribution in [1.29, 1.82) is 0 Å². The minimum atomic E-state index is -0.351. The van der Waals surface area contributed by atoms with Crippen LogP contribution in [0.4, 0.5) is 0 Å². The van der Waals surface area contributed by atoms with Crippen molar-refractivity contribution >= 4 is 11.9 Å². The summed E-state index contributed by atoms with van der Waals surface area (Å²) in [6, 6.07) is 3.20. The largest absolute Gasteiger partial charge is 0.493 e. The smallest absolute Gasteiger partial charge is 0.258 e. The predicted molar refractivity (Wildman–Crippen MR) is 104 cm³/mol. The maximum absolute atomic E-state index is 12.8. The Bertz CT molecular complexity index is 645. The molecule has 26 heavy (non-hydrogen) atoms. The van der Waals surface area contributed by atoms with Crippen LogP contribution in [-0.2, 0) is 0 Å². The van der Waals surface area contributed by atoms with Crippen molar-refractivity contribution < 1.29 is 19.0 Å². The zero-order valence-electron chi connectivity index (χ0n) is 17.2. The summed E-state index contributed by atoms with van der Waals surface area (Å²) in [5.74, 6) is 1.33. The maximum Gasteiger partial charge on any atom is 0.258 e. The molecule has 1 aromatic rings. The van der Waals surface area contributed by atoms with Crippen molar-refractivity contribution in [1.82, 2.24) is 10.6 Å². The molecular formula is C19H31N3O4. The molecule has 0 aliphatic rings. The Kier molecular flexibility index (Phi) is 6.89. The van der Waals surface area contributed by atoms with Crippen molar-refractivity contribution in [3.05, 3.63) is 17.7 Å². The number of ether oxygens (including phenoxy) is 3. The highest BCUT2D eigenvalue weighted by atomic mass is 16.5. The molecule has 1 aromatic carbocycles. The summed E-state index contributed by atoms with van der Waals surface area (Å²) in [7, 11) is 4.53. The number of carbonyl (C=O) groups excluding carboxylic acids is 1. The number of methoxy groups -OCH3 is 3. The minimum Gasteiger partial charge on any atom is -0.493 e. The van der Waals surface area contributed by atoms with Gasteiger partial charge in [0.05, 0.1) is 26.9 Å². The Morgan fingerprint density at radius 1 is 0.923 bits per heavy atom. The van der Waals surface area contributed by atoms with Gasteiger partial charge in [-0.05, 0) is 53.7 Å². The molecule has 0 saturated heterocycles. The van der Waals surface area contributed by atoms with Crippen LogP contribution in [0.1, 0.15) is 51.9 Å². The Hall–Kier alpha value is -2.44. The van der Waals surface area contributed by atoms with E-state index >= 15 is 0 Å². The van der Waals surface area contributed by atoms with Gasteiger partial charge in [-0.25, -0.2) is 4.99 Å². The number of rotatable bonds is 4. The summed E-state index contributed by atoms with van der Waals surface area (Å²) >= 11 is 0. The van der Waals surface area contributed by atoms with Gasteiger partial charge in [-0.15, -0.1) is 0 Å². The third-order valence-corrected chi connectivity index (χ3v) is 3.10. The number of nitrogens with zero attached hydrogens (tertiary/aromatic N) is 1. The van der Waals surface area contributed by atoms with Gasteiger partial charge in [0.2, 0.25) is 5.75 Å². The number of amides is 1. The Balaban J connectivity index is 3.23. The normalized spacial score (nSPS) is 12.4. The number of hydrogen-bond acceptors (Lipinski definition) is 5. The molecule has 7 heteroatoms. The summed E-state index contributed by atoms with van der Waals surface area (Å²) in [4.78, 5) is 17.3. The van der Waals surface area contributed by atoms with Gasteiger partial charge in [-0.3, -0.25) is 10.1 Å². The van der Waals surface area contributed by atoms with Gasteiger partial charge >= 0.3 is 0 Å². The van der Waals surface area contributed by atoms with Gasteiger partial charge in [0.15, 0.2) is 17.5 Å². The lowest BCUT2D eigenvalue weighted by atomic mass is 10.1. The number of aliphatic imine (C=N–C) groups is 1. The molecule has 0 unspecified atom stereocenters. The van der Waals surface area contributed by atoms with Gasteiger partial charge < -0.3 is 19.5 Å². The highest BCUT2D eigenvalue weighted by molar-refractivity contribution is 6.06. The van der Waals surface area contributed by atoms with E-state index < -0.39 is 0 Å². The molecule has 0 aliphatic carbocycles. The molecule has 1 amide bonds. The monoisotopic (exact) mass is 365 g/mol. The second-order valence-electron chi connectivity index (χ2n) is 7.87. The number of nitrogens with one attached hydrogen (secondary N) is 2. The van der Waals surface area contributed by atoms with E-state index in [2.05, 4.69) is 15.6 Å². The van der Waals surface area contributed by atoms with E-state index in [4.69, 9.17) is 14.2 Å². The van der Waals surface area contributed by atoms with Crippen LogP contribution in [0.25, 0.3) is 0 Å². The lowest BCUT2D eigenvalue weighted by Gasteiger charge is -2.26. The molecule has 7 nitrogen and oxygen atoms in total. The molecule has 146 valence electrons. The molecule has 1 rings (SSSR count). The Morgan fingerprint density at radius 2 is 1.42 bits per heavy atom. The molecule has 0 heterocycles. The van der Waals surface area contributed by atoms with Gasteiger partial charge in [0.25, 0.3) is 5.91 Å². The zero-order chi connectivity index (χ0) is 20.1. The fraction of sp³-hybridized carbons (Fsp3) is 0.579. The first kappa shape index (κ1) is 21.6. The molecule has 0 saturated carbocycles. The minimum absolute atomic E-state index is 0.257. The summed E-state index contributed by atoms with van der Waals surface area (Å²) in [6.45, 7) is 11.9. The van der Waals surface area contributed by atoms with Crippen LogP contribution < -0.4 is 24.8 Å². The van der Waals surface area contributed by atoms with E-state index in [-0.39, 0.29) is 17.0 Å². The Labute approximate surface area is 156 Å². The zero-order valence-corrected chi connectivity index (χ0v) is 17.2. The molecule has 0 aliphatic heterocycles. The average molecular weight is 365 g/mol. The fourth-order valence-corrected chi connectivity index (χ4v) is 2.17. The Morgan fingerprint density at radius 3 is 1.77 bits per heavy atom. The van der Waals surface area contributed by atoms with Gasteiger partial charge in [-0.2, -0.15) is 0 Å². The van der Waals surface area contributed by atoms with Gasteiger partial charge in [0, 0.05) is 11.1 Å². The van der Waals surface area contributed by atoms with Crippen LogP contribution in [0, 0.1) is 0 Å². The van der Waals surface area contributed by atoms with Crippen LogP contribution in [-0.4, -0.2) is 44.3 Å². The first-order valence-electron chi connectivity index (χ1n) is 8.39. The van der Waals surface area contributed by atoms with Crippen LogP contribution in [0.2, 0.25) is 0 Å². The van der Waals surface area contributed by atoms with E-state index in [1.165, 1.54) is 21.3 Å². The molecule has 2 N–H and O–H groups in total. The predicted octanol–water partition coefficient (Wildman–Crippen LogP) is 2.98. The molecular weight excluding hydrogens is 334 g/mol. The van der Waals surface area contributed by atoms with E-state index in [9.17, 15) is 4.79 Å². The third kappa shape index (κ3) is 6.46. The third-order valence-electron chi connectivity index (χ3n) is 3.10. The second-order valence-corrected chi connectivity index (χ2v) is 7.87. The van der Waals surface area contributed by atoms with Crippen LogP contribution >= 0.6 is 0 Å². The van der Waals surface area contributed by atoms with E-state index in [1.807, 2.05) is 41.5 Å². The standard InChI is InChI=1S/C19H31N3O4/c1-18(2,3)21-17(22-19(4,5)6)20-16(23)12-10-13(24-7)15(26-9)14(11-12)25-8/h10-11H,1-9H3,(H2,20,21,22,23). The molecule has 0 radical (unpaired) electrons. The van der Waals surface area contributed by atoms with Crippen molar-refractivity contribution in [2.75, 3.05) is 21.3 Å². The summed E-state index contributed by atoms with van der Waals surface area (Å²) in [5.41, 5.74) is -0.236. The summed E-state index contributed by atoms with van der Waals surface area (Å²) in [5, 5.41) is 6.06. The average Bonchev–Trinajstić information content (AvgIpc) is 2.49. The van der Waals surface area contributed by atoms with Crippen molar-refractivity contribution in [2.45, 2.75) is 52.6 Å². The maximum atomic E-state index is 12.8. The number of guanidine groups is 1. The molecule has 0 fully saturated rings. The summed E-state index contributed by atoms with van der Waals surface area (Å²) in [6.07, 6.45) is 0. The fourth-order valence-electron chi connectivity index (χ4n) is 2.17. The first-order chi connectivity index (χ1) is 11.9. The van der Waals surface area contributed by atoms with Crippen molar-refractivity contribution in [2.24, 2.45) is 4.99 Å². The van der Waals surface area contributed by atoms with Gasteiger partial charge in [0.1, 0.15) is 0 Å². The molecule has 0 spiro atoms. The number of carbonyl (C=O) groups is 1. The number of hydrogen-bond donors (Lipinski definition) is 2. The van der Waals surface area contributed by atoms with E-state index in [0.717, 1.165) is 0 Å².